The van der Waals surface area contributed by atoms with Gasteiger partial charge in [0.2, 0.25) is 0 Å². The van der Waals surface area contributed by atoms with Crippen molar-refractivity contribution < 1.29 is 80.2 Å². The van der Waals surface area contributed by atoms with Gasteiger partial charge in [0.25, 0.3) is 0 Å². The molecule has 576 valence electrons. The second-order valence-corrected chi connectivity index (χ2v) is 31.5. The molecule has 97 heavy (non-hydrogen) atoms. The Morgan fingerprint density at radius 1 is 0.278 bits per heavy atom. The highest BCUT2D eigenvalue weighted by atomic mass is 31.2. The third-order valence-corrected chi connectivity index (χ3v) is 20.2. The van der Waals surface area contributed by atoms with Crippen molar-refractivity contribution in [3.05, 3.63) is 0 Å². The molecular weight excluding hydrogens is 1270 g/mol. The molecule has 19 heteroatoms. The maximum absolute atomic E-state index is 13.1. The molecule has 0 aliphatic rings. The summed E-state index contributed by atoms with van der Waals surface area (Å²) in [7, 11) is -9.90. The van der Waals surface area contributed by atoms with Gasteiger partial charge in [-0.25, -0.2) is 9.13 Å². The predicted molar refractivity (Wildman–Crippen MR) is 395 cm³/mol. The Morgan fingerprint density at radius 3 is 0.701 bits per heavy atom. The number of rotatable bonds is 78. The molecule has 17 nitrogen and oxygen atoms in total. The Morgan fingerprint density at radius 2 is 0.474 bits per heavy atom. The Hall–Kier alpha value is -1.94. The van der Waals surface area contributed by atoms with Crippen LogP contribution in [0.25, 0.3) is 0 Å². The number of carbonyl (C=O) groups excluding carboxylic acids is 4. The molecule has 0 aliphatic carbocycles. The summed E-state index contributed by atoms with van der Waals surface area (Å²) in [5.74, 6) is -1.32. The summed E-state index contributed by atoms with van der Waals surface area (Å²) in [4.78, 5) is 72.6. The molecule has 0 aromatic carbocycles. The second kappa shape index (κ2) is 71.1. The zero-order valence-corrected chi connectivity index (χ0v) is 65.0. The maximum atomic E-state index is 13.1. The average Bonchev–Trinajstić information content (AvgIpc) is 1.94. The molecular formula is C78H152O17P2. The van der Waals surface area contributed by atoms with E-state index in [2.05, 4.69) is 34.6 Å². The molecule has 0 bridgehead atoms. The number of aliphatic hydroxyl groups is 1. The average molecular weight is 1420 g/mol. The van der Waals surface area contributed by atoms with Gasteiger partial charge in [-0.15, -0.1) is 0 Å². The highest BCUT2D eigenvalue weighted by Crippen LogP contribution is 2.45. The first-order valence-corrected chi connectivity index (χ1v) is 43.6. The van der Waals surface area contributed by atoms with Gasteiger partial charge in [0.05, 0.1) is 26.4 Å². The minimum atomic E-state index is -4.96. The first-order chi connectivity index (χ1) is 47.0. The van der Waals surface area contributed by atoms with Crippen LogP contribution in [-0.2, 0) is 65.4 Å². The van der Waals surface area contributed by atoms with Crippen LogP contribution < -0.4 is 0 Å². The van der Waals surface area contributed by atoms with E-state index in [9.17, 15) is 43.2 Å². The fourth-order valence-corrected chi connectivity index (χ4v) is 13.6. The molecule has 2 unspecified atom stereocenters. The molecule has 0 saturated heterocycles. The lowest BCUT2D eigenvalue weighted by Crippen LogP contribution is -2.30. The van der Waals surface area contributed by atoms with E-state index in [1.165, 1.54) is 231 Å². The largest absolute Gasteiger partial charge is 0.472 e. The van der Waals surface area contributed by atoms with Crippen LogP contribution in [0.15, 0.2) is 0 Å². The molecule has 0 radical (unpaired) electrons. The van der Waals surface area contributed by atoms with Gasteiger partial charge >= 0.3 is 39.5 Å². The number of ether oxygens (including phenoxy) is 4. The zero-order valence-electron chi connectivity index (χ0n) is 63.2. The third-order valence-electron chi connectivity index (χ3n) is 18.3. The van der Waals surface area contributed by atoms with Gasteiger partial charge in [0.1, 0.15) is 19.3 Å². The van der Waals surface area contributed by atoms with Crippen LogP contribution in [0.2, 0.25) is 0 Å². The standard InChI is InChI=1S/C78H152O17P2/c1-6-9-12-15-17-19-21-23-25-27-31-35-39-43-47-52-57-62-76(81)89-68-74(95-78(83)64-59-54-49-45-41-37-33-29-30-34-38-42-46-51-55-60-71(4)5)70-93-97(86,87)91-66-72(79)65-90-96(84,85)92-69-73(67-88-75(80)61-56-50-14-11-8-3)94-77(82)63-58-53-48-44-40-36-32-28-26-24-22-20-18-16-13-10-7-2/h71-74,79H,6-70H2,1-5H3,(H,84,85)(H,86,87)/t72-,73+,74+/m0/s1. The Bertz CT molecular complexity index is 1860. The van der Waals surface area contributed by atoms with Crippen molar-refractivity contribution in [3.8, 4) is 0 Å². The summed E-state index contributed by atoms with van der Waals surface area (Å²) < 4.78 is 68.4. The Kier molecular flexibility index (Phi) is 69.6. The molecule has 0 aromatic rings. The fourth-order valence-electron chi connectivity index (χ4n) is 12.1. The van der Waals surface area contributed by atoms with Gasteiger partial charge in [0.15, 0.2) is 12.2 Å². The lowest BCUT2D eigenvalue weighted by molar-refractivity contribution is -0.161. The summed E-state index contributed by atoms with van der Waals surface area (Å²) in [6.45, 7) is 7.25. The van der Waals surface area contributed by atoms with Crippen LogP contribution >= 0.6 is 15.6 Å². The molecule has 0 heterocycles. The normalized spacial score (nSPS) is 13.9. The van der Waals surface area contributed by atoms with E-state index >= 15 is 0 Å². The van der Waals surface area contributed by atoms with Crippen LogP contribution in [0.3, 0.4) is 0 Å². The first-order valence-electron chi connectivity index (χ1n) is 40.6. The van der Waals surface area contributed by atoms with Gasteiger partial charge in [0, 0.05) is 25.7 Å². The molecule has 0 rings (SSSR count). The van der Waals surface area contributed by atoms with E-state index in [4.69, 9.17) is 37.0 Å². The van der Waals surface area contributed by atoms with Crippen molar-refractivity contribution in [3.63, 3.8) is 0 Å². The summed E-state index contributed by atoms with van der Waals surface area (Å²) >= 11 is 0. The van der Waals surface area contributed by atoms with Crippen LogP contribution in [-0.4, -0.2) is 96.7 Å². The van der Waals surface area contributed by atoms with E-state index in [1.807, 2.05) is 0 Å². The number of phosphoric acid groups is 2. The number of carbonyl (C=O) groups is 4. The Labute approximate surface area is 594 Å². The van der Waals surface area contributed by atoms with E-state index in [1.54, 1.807) is 0 Å². The molecule has 0 saturated carbocycles. The molecule has 3 N–H and O–H groups in total. The third kappa shape index (κ3) is 72.2. The molecule has 0 fully saturated rings. The summed E-state index contributed by atoms with van der Waals surface area (Å²) in [5.41, 5.74) is 0. The molecule has 0 aromatic heterocycles. The number of unbranched alkanes of at least 4 members (excludes halogenated alkanes) is 50. The van der Waals surface area contributed by atoms with Gasteiger partial charge in [-0.05, 0) is 31.6 Å². The number of phosphoric ester groups is 2. The van der Waals surface area contributed by atoms with Crippen LogP contribution in [0.1, 0.15) is 413 Å². The van der Waals surface area contributed by atoms with Crippen molar-refractivity contribution >= 4 is 39.5 Å². The first kappa shape index (κ1) is 95.1. The second-order valence-electron chi connectivity index (χ2n) is 28.6. The number of esters is 4. The molecule has 5 atom stereocenters. The summed E-state index contributed by atoms with van der Waals surface area (Å²) in [5, 5.41) is 10.6. The number of hydrogen-bond acceptors (Lipinski definition) is 15. The van der Waals surface area contributed by atoms with Crippen molar-refractivity contribution in [2.45, 2.75) is 432 Å². The molecule has 0 spiro atoms. The van der Waals surface area contributed by atoms with E-state index in [-0.39, 0.29) is 25.7 Å². The van der Waals surface area contributed by atoms with Crippen molar-refractivity contribution in [1.29, 1.82) is 0 Å². The van der Waals surface area contributed by atoms with Crippen LogP contribution in [0, 0.1) is 5.92 Å². The summed E-state index contributed by atoms with van der Waals surface area (Å²) in [6.07, 6.45) is 61.4. The number of aliphatic hydroxyl groups excluding tert-OH is 1. The molecule has 0 aliphatic heterocycles. The topological polar surface area (TPSA) is 237 Å². The van der Waals surface area contributed by atoms with Gasteiger partial charge < -0.3 is 33.8 Å². The lowest BCUT2D eigenvalue weighted by atomic mass is 10.0. The maximum Gasteiger partial charge on any atom is 0.472 e. The Balaban J connectivity index is 5.12. The van der Waals surface area contributed by atoms with Gasteiger partial charge in [-0.2, -0.15) is 0 Å². The van der Waals surface area contributed by atoms with Crippen molar-refractivity contribution in [1.82, 2.24) is 0 Å². The van der Waals surface area contributed by atoms with Crippen molar-refractivity contribution in [2.24, 2.45) is 5.92 Å². The number of hydrogen-bond donors (Lipinski definition) is 3. The van der Waals surface area contributed by atoms with E-state index in [0.29, 0.717) is 25.7 Å². The molecule has 0 amide bonds. The smallest absolute Gasteiger partial charge is 0.462 e. The van der Waals surface area contributed by atoms with Crippen LogP contribution in [0.5, 0.6) is 0 Å². The SMILES string of the molecule is CCCCCCCCCCCCCCCCCCCC(=O)OC[C@H](COP(=O)(O)OC[C@@H](O)COP(=O)(O)OC[C@@H](COC(=O)CCCCCCC)OC(=O)CCCCCCCCCCCCCCCCCCC)OC(=O)CCCCCCCCCCCCCCCCCC(C)C. The highest BCUT2D eigenvalue weighted by molar-refractivity contribution is 7.47. The minimum Gasteiger partial charge on any atom is -0.462 e. The van der Waals surface area contributed by atoms with Crippen molar-refractivity contribution in [2.75, 3.05) is 39.6 Å². The van der Waals surface area contributed by atoms with E-state index < -0.39 is 97.5 Å². The van der Waals surface area contributed by atoms with Gasteiger partial charge in [-0.3, -0.25) is 37.3 Å². The predicted octanol–water partition coefficient (Wildman–Crippen LogP) is 23.3. The van der Waals surface area contributed by atoms with Crippen LogP contribution in [0.4, 0.5) is 0 Å². The monoisotopic (exact) mass is 1420 g/mol. The summed E-state index contributed by atoms with van der Waals surface area (Å²) in [6, 6.07) is 0. The fraction of sp³-hybridized carbons (Fsp3) is 0.949. The quantitative estimate of drug-likeness (QED) is 0.0222. The lowest BCUT2D eigenvalue weighted by Gasteiger charge is -2.21. The van der Waals surface area contributed by atoms with Gasteiger partial charge in [-0.1, -0.05) is 362 Å². The highest BCUT2D eigenvalue weighted by Gasteiger charge is 2.30. The zero-order chi connectivity index (χ0) is 71.2. The minimum absolute atomic E-state index is 0.108. The van der Waals surface area contributed by atoms with E-state index in [0.717, 1.165) is 102 Å².